The molecule has 0 aromatic carbocycles. The van der Waals surface area contributed by atoms with Crippen molar-refractivity contribution in [1.29, 1.82) is 0 Å². The molecule has 1 aromatic rings. The second kappa shape index (κ2) is 7.73. The molecule has 0 bridgehead atoms. The monoisotopic (exact) mass is 293 g/mol. The summed E-state index contributed by atoms with van der Waals surface area (Å²) < 4.78 is 0. The van der Waals surface area contributed by atoms with Gasteiger partial charge < -0.3 is 15.3 Å². The lowest BCUT2D eigenvalue weighted by Crippen LogP contribution is -2.52. The summed E-state index contributed by atoms with van der Waals surface area (Å²) in [7, 11) is 0. The Labute approximate surface area is 125 Å². The first kappa shape index (κ1) is 17.1. The summed E-state index contributed by atoms with van der Waals surface area (Å²) in [5.74, 6) is -1.27. The van der Waals surface area contributed by atoms with E-state index >= 15 is 0 Å². The van der Waals surface area contributed by atoms with E-state index in [9.17, 15) is 9.59 Å². The van der Waals surface area contributed by atoms with Crippen molar-refractivity contribution in [2.75, 3.05) is 19.7 Å². The van der Waals surface area contributed by atoms with Crippen molar-refractivity contribution >= 4 is 11.8 Å². The Hall–Kier alpha value is -1.95. The largest absolute Gasteiger partial charge is 0.394 e. The van der Waals surface area contributed by atoms with E-state index in [1.165, 1.54) is 4.90 Å². The van der Waals surface area contributed by atoms with Crippen LogP contribution in [0, 0.1) is 0 Å². The summed E-state index contributed by atoms with van der Waals surface area (Å²) in [5.41, 5.74) is 0.254. The van der Waals surface area contributed by atoms with Crippen molar-refractivity contribution in [2.24, 2.45) is 0 Å². The van der Waals surface area contributed by atoms with Gasteiger partial charge in [-0.2, -0.15) is 0 Å². The third-order valence-electron chi connectivity index (χ3n) is 3.13. The molecule has 0 unspecified atom stereocenters. The molecule has 1 aromatic heterocycles. The number of carbonyl (C=O) groups is 2. The van der Waals surface area contributed by atoms with Crippen molar-refractivity contribution < 1.29 is 14.7 Å². The van der Waals surface area contributed by atoms with Gasteiger partial charge in [-0.05, 0) is 44.9 Å². The Bertz CT molecular complexity index is 474. The van der Waals surface area contributed by atoms with Crippen molar-refractivity contribution in [3.63, 3.8) is 0 Å². The van der Waals surface area contributed by atoms with Gasteiger partial charge in [-0.3, -0.25) is 14.6 Å². The molecule has 2 amide bonds. The highest BCUT2D eigenvalue weighted by Gasteiger charge is 2.26. The molecule has 0 aliphatic heterocycles. The molecule has 0 saturated heterocycles. The topological polar surface area (TPSA) is 82.5 Å². The Morgan fingerprint density at radius 1 is 1.33 bits per heavy atom. The minimum absolute atomic E-state index is 0.227. The van der Waals surface area contributed by atoms with Gasteiger partial charge in [0.05, 0.1) is 12.1 Å². The van der Waals surface area contributed by atoms with Crippen molar-refractivity contribution in [2.45, 2.75) is 32.7 Å². The van der Waals surface area contributed by atoms with E-state index in [0.717, 1.165) is 5.56 Å². The highest BCUT2D eigenvalue weighted by atomic mass is 16.3. The minimum Gasteiger partial charge on any atom is -0.394 e. The van der Waals surface area contributed by atoms with Gasteiger partial charge in [-0.25, -0.2) is 0 Å². The Morgan fingerprint density at radius 2 is 1.95 bits per heavy atom. The molecular weight excluding hydrogens is 270 g/mol. The Balaban J connectivity index is 2.58. The van der Waals surface area contributed by atoms with Crippen molar-refractivity contribution in [3.05, 3.63) is 30.1 Å². The lowest BCUT2D eigenvalue weighted by Gasteiger charge is -2.26. The fourth-order valence-corrected chi connectivity index (χ4v) is 1.76. The fourth-order valence-electron chi connectivity index (χ4n) is 1.76. The molecule has 21 heavy (non-hydrogen) atoms. The number of carbonyl (C=O) groups excluding carboxylic acids is 2. The quantitative estimate of drug-likeness (QED) is 0.742. The molecule has 0 radical (unpaired) electrons. The number of pyridine rings is 1. The zero-order valence-electron chi connectivity index (χ0n) is 12.8. The first-order valence-electron chi connectivity index (χ1n) is 7.01. The van der Waals surface area contributed by atoms with Crippen LogP contribution >= 0.6 is 0 Å². The van der Waals surface area contributed by atoms with Crippen LogP contribution in [-0.4, -0.2) is 52.0 Å². The average molecular weight is 293 g/mol. The SMILES string of the molecule is CCN(CCc1ccncc1)C(=O)C(=O)NC(C)(C)CO. The molecule has 0 spiro atoms. The van der Waals surface area contributed by atoms with Gasteiger partial charge >= 0.3 is 11.8 Å². The third-order valence-corrected chi connectivity index (χ3v) is 3.13. The van der Waals surface area contributed by atoms with E-state index in [0.29, 0.717) is 19.5 Å². The van der Waals surface area contributed by atoms with Gasteiger partial charge in [0, 0.05) is 25.5 Å². The van der Waals surface area contributed by atoms with Crippen molar-refractivity contribution in [3.8, 4) is 0 Å². The Morgan fingerprint density at radius 3 is 2.48 bits per heavy atom. The highest BCUT2D eigenvalue weighted by molar-refractivity contribution is 6.35. The maximum Gasteiger partial charge on any atom is 0.311 e. The number of amides is 2. The minimum atomic E-state index is -0.808. The van der Waals surface area contributed by atoms with Crippen molar-refractivity contribution in [1.82, 2.24) is 15.2 Å². The lowest BCUT2D eigenvalue weighted by atomic mass is 10.1. The Kier molecular flexibility index (Phi) is 6.30. The molecule has 0 aliphatic rings. The number of aromatic nitrogens is 1. The third kappa shape index (κ3) is 5.51. The molecule has 1 heterocycles. The summed E-state index contributed by atoms with van der Waals surface area (Å²) in [4.78, 5) is 29.4. The summed E-state index contributed by atoms with van der Waals surface area (Å²) in [6, 6.07) is 3.76. The van der Waals surface area contributed by atoms with E-state index in [1.807, 2.05) is 19.1 Å². The first-order chi connectivity index (χ1) is 9.89. The molecule has 2 N–H and O–H groups in total. The number of rotatable bonds is 6. The maximum absolute atomic E-state index is 12.1. The number of hydrogen-bond acceptors (Lipinski definition) is 4. The van der Waals surface area contributed by atoms with Gasteiger partial charge in [0.25, 0.3) is 0 Å². The lowest BCUT2D eigenvalue weighted by molar-refractivity contribution is -0.146. The predicted octanol–water partition coefficient (Wildman–Crippen LogP) is 0.360. The summed E-state index contributed by atoms with van der Waals surface area (Å²) in [6.07, 6.45) is 4.06. The first-order valence-corrected chi connectivity index (χ1v) is 7.01. The van der Waals surface area contributed by atoms with E-state index in [-0.39, 0.29) is 6.61 Å². The predicted molar refractivity (Wildman–Crippen MR) is 79.5 cm³/mol. The molecule has 0 saturated carbocycles. The van der Waals surface area contributed by atoms with Crippen LogP contribution in [0.25, 0.3) is 0 Å². The van der Waals surface area contributed by atoms with Crippen LogP contribution in [-0.2, 0) is 16.0 Å². The summed E-state index contributed by atoms with van der Waals surface area (Å²) in [6.45, 7) is 5.84. The van der Waals surface area contributed by atoms with Crippen LogP contribution in [0.3, 0.4) is 0 Å². The molecule has 6 heteroatoms. The van der Waals surface area contributed by atoms with E-state index < -0.39 is 17.4 Å². The molecule has 0 fully saturated rings. The molecule has 116 valence electrons. The second-order valence-electron chi connectivity index (χ2n) is 5.49. The van der Waals surface area contributed by atoms with Gasteiger partial charge in [-0.15, -0.1) is 0 Å². The molecule has 0 aliphatic carbocycles. The van der Waals surface area contributed by atoms with E-state index in [4.69, 9.17) is 5.11 Å². The van der Waals surface area contributed by atoms with Gasteiger partial charge in [0.15, 0.2) is 0 Å². The average Bonchev–Trinajstić information content (AvgIpc) is 2.48. The second-order valence-corrected chi connectivity index (χ2v) is 5.49. The molecule has 1 rings (SSSR count). The van der Waals surface area contributed by atoms with Gasteiger partial charge in [-0.1, -0.05) is 0 Å². The summed E-state index contributed by atoms with van der Waals surface area (Å²) >= 11 is 0. The van der Waals surface area contributed by atoms with Crippen LogP contribution in [0.15, 0.2) is 24.5 Å². The molecule has 6 nitrogen and oxygen atoms in total. The number of aliphatic hydroxyl groups is 1. The van der Waals surface area contributed by atoms with Crippen LogP contribution in [0.4, 0.5) is 0 Å². The van der Waals surface area contributed by atoms with Crippen LogP contribution in [0.1, 0.15) is 26.3 Å². The van der Waals surface area contributed by atoms with E-state index in [2.05, 4.69) is 10.3 Å². The van der Waals surface area contributed by atoms with Crippen LogP contribution < -0.4 is 5.32 Å². The zero-order chi connectivity index (χ0) is 15.9. The van der Waals surface area contributed by atoms with Crippen LogP contribution in [0.2, 0.25) is 0 Å². The zero-order valence-corrected chi connectivity index (χ0v) is 12.8. The van der Waals surface area contributed by atoms with E-state index in [1.54, 1.807) is 26.2 Å². The number of hydrogen-bond donors (Lipinski definition) is 2. The maximum atomic E-state index is 12.1. The van der Waals surface area contributed by atoms with Gasteiger partial charge in [0.1, 0.15) is 0 Å². The highest BCUT2D eigenvalue weighted by Crippen LogP contribution is 2.03. The molecule has 0 atom stereocenters. The summed E-state index contributed by atoms with van der Waals surface area (Å²) in [5, 5.41) is 11.7. The number of likely N-dealkylation sites (N-methyl/N-ethyl adjacent to an activating group) is 1. The molecular formula is C15H23N3O3. The number of aliphatic hydroxyl groups excluding tert-OH is 1. The number of nitrogens with one attached hydrogen (secondary N) is 1. The standard InChI is InChI=1S/C15H23N3O3/c1-4-18(10-7-12-5-8-16-9-6-12)14(21)13(20)17-15(2,3)11-19/h5-6,8-9,19H,4,7,10-11H2,1-3H3,(H,17,20). The number of nitrogens with zero attached hydrogens (tertiary/aromatic N) is 2. The fraction of sp³-hybridized carbons (Fsp3) is 0.533. The van der Waals surface area contributed by atoms with Crippen LogP contribution in [0.5, 0.6) is 0 Å². The van der Waals surface area contributed by atoms with Gasteiger partial charge in [0.2, 0.25) is 0 Å². The smallest absolute Gasteiger partial charge is 0.311 e. The normalized spacial score (nSPS) is 11.0.